The summed E-state index contributed by atoms with van der Waals surface area (Å²) in [5.74, 6) is 7.28. The quantitative estimate of drug-likeness (QED) is 0.566. The van der Waals surface area contributed by atoms with Crippen molar-refractivity contribution in [3.8, 4) is 11.8 Å². The number of carboxylic acids is 2. The Hall–Kier alpha value is -2.28. The lowest BCUT2D eigenvalue weighted by Crippen LogP contribution is -2.68. The van der Waals surface area contributed by atoms with Gasteiger partial charge in [-0.05, 0) is 118 Å². The fraction of sp³-hybridized carbons (Fsp3) is 0.667. The molecule has 8 aliphatic carbocycles. The Balaban J connectivity index is 1.35. The maximum Gasteiger partial charge on any atom is 0.309 e. The normalized spacial score (nSPS) is 49.5. The monoisotopic (exact) mass is 458 g/mol. The SMILES string of the molecule is O=C(O)C12CC3CC(C1)CC(C14CC5CC(C#Cc6ccccc6)(CC(C(=O)O)(C5)C1)C4)(C3)C2. The molecule has 8 saturated carbocycles. The Morgan fingerprint density at radius 2 is 1.32 bits per heavy atom. The molecule has 0 aliphatic heterocycles. The van der Waals surface area contributed by atoms with Crippen molar-refractivity contribution in [2.75, 3.05) is 0 Å². The molecule has 8 bridgehead atoms. The fourth-order valence-electron chi connectivity index (χ4n) is 11.3. The molecule has 4 nitrogen and oxygen atoms in total. The third kappa shape index (κ3) is 2.68. The van der Waals surface area contributed by atoms with E-state index in [-0.39, 0.29) is 16.2 Å². The van der Waals surface area contributed by atoms with E-state index in [2.05, 4.69) is 11.8 Å². The van der Waals surface area contributed by atoms with Crippen molar-refractivity contribution in [3.05, 3.63) is 35.9 Å². The number of rotatable bonds is 3. The van der Waals surface area contributed by atoms with Crippen LogP contribution in [0.1, 0.15) is 82.6 Å². The summed E-state index contributed by atoms with van der Waals surface area (Å²) in [6, 6.07) is 10.1. The molecule has 0 spiro atoms. The molecule has 2 N–H and O–H groups in total. The predicted molar refractivity (Wildman–Crippen MR) is 127 cm³/mol. The lowest BCUT2D eigenvalue weighted by molar-refractivity contribution is -0.251. The summed E-state index contributed by atoms with van der Waals surface area (Å²) >= 11 is 0. The van der Waals surface area contributed by atoms with Crippen LogP contribution in [-0.4, -0.2) is 22.2 Å². The maximum atomic E-state index is 12.9. The predicted octanol–water partition coefficient (Wildman–Crippen LogP) is 5.75. The van der Waals surface area contributed by atoms with Gasteiger partial charge < -0.3 is 10.2 Å². The van der Waals surface area contributed by atoms with Crippen molar-refractivity contribution in [2.45, 2.75) is 77.0 Å². The number of hydrogen-bond acceptors (Lipinski definition) is 2. The summed E-state index contributed by atoms with van der Waals surface area (Å²) in [6.45, 7) is 0. The van der Waals surface area contributed by atoms with E-state index in [1.807, 2.05) is 30.3 Å². The Morgan fingerprint density at radius 1 is 0.706 bits per heavy atom. The van der Waals surface area contributed by atoms with Crippen LogP contribution in [0.25, 0.3) is 0 Å². The largest absolute Gasteiger partial charge is 0.481 e. The molecule has 34 heavy (non-hydrogen) atoms. The first-order chi connectivity index (χ1) is 16.2. The summed E-state index contributed by atoms with van der Waals surface area (Å²) < 4.78 is 0. The molecular formula is C30H34O4. The van der Waals surface area contributed by atoms with Crippen LogP contribution in [-0.2, 0) is 9.59 Å². The number of carbonyl (C=O) groups is 2. The smallest absolute Gasteiger partial charge is 0.309 e. The topological polar surface area (TPSA) is 74.6 Å². The third-order valence-corrected chi connectivity index (χ3v) is 11.4. The molecule has 1 aromatic rings. The highest BCUT2D eigenvalue weighted by atomic mass is 16.4. The molecule has 6 unspecified atom stereocenters. The molecule has 0 heterocycles. The summed E-state index contributed by atoms with van der Waals surface area (Å²) in [7, 11) is 0. The van der Waals surface area contributed by atoms with E-state index >= 15 is 0 Å². The van der Waals surface area contributed by atoms with Crippen molar-refractivity contribution in [1.29, 1.82) is 0 Å². The second-order valence-corrected chi connectivity index (χ2v) is 13.6. The van der Waals surface area contributed by atoms with Gasteiger partial charge in [0.1, 0.15) is 0 Å². The Labute approximate surface area is 201 Å². The number of carboxylic acid groups (broad SMARTS) is 2. The van der Waals surface area contributed by atoms with Gasteiger partial charge in [0, 0.05) is 11.0 Å². The minimum atomic E-state index is -0.690. The Morgan fingerprint density at radius 3 is 2.00 bits per heavy atom. The Bertz CT molecular complexity index is 1130. The van der Waals surface area contributed by atoms with E-state index in [9.17, 15) is 19.8 Å². The molecule has 8 aliphatic rings. The van der Waals surface area contributed by atoms with Gasteiger partial charge in [0.2, 0.25) is 0 Å². The van der Waals surface area contributed by atoms with E-state index in [1.54, 1.807) is 0 Å². The minimum absolute atomic E-state index is 0.0185. The van der Waals surface area contributed by atoms with Crippen LogP contribution in [0, 0.1) is 56.7 Å². The van der Waals surface area contributed by atoms with Crippen LogP contribution in [0.15, 0.2) is 30.3 Å². The first kappa shape index (κ1) is 21.0. The van der Waals surface area contributed by atoms with E-state index in [0.29, 0.717) is 24.2 Å². The fourth-order valence-corrected chi connectivity index (χ4v) is 11.3. The highest BCUT2D eigenvalue weighted by molar-refractivity contribution is 5.77. The molecule has 6 atom stereocenters. The van der Waals surface area contributed by atoms with Gasteiger partial charge in [-0.15, -0.1) is 0 Å². The van der Waals surface area contributed by atoms with E-state index in [1.165, 1.54) is 6.42 Å². The average molecular weight is 459 g/mol. The zero-order valence-electron chi connectivity index (χ0n) is 19.8. The lowest BCUT2D eigenvalue weighted by Gasteiger charge is -2.74. The van der Waals surface area contributed by atoms with Gasteiger partial charge in [-0.3, -0.25) is 9.59 Å². The molecule has 8 fully saturated rings. The molecule has 0 amide bonds. The molecular weight excluding hydrogens is 424 g/mol. The molecule has 4 heteroatoms. The van der Waals surface area contributed by atoms with Crippen LogP contribution in [0.5, 0.6) is 0 Å². The second-order valence-electron chi connectivity index (χ2n) is 13.6. The summed E-state index contributed by atoms with van der Waals surface area (Å²) in [5.41, 5.74) is -0.620. The van der Waals surface area contributed by atoms with Gasteiger partial charge in [-0.1, -0.05) is 30.0 Å². The first-order valence-electron chi connectivity index (χ1n) is 13.2. The standard InChI is InChI=1S/C30H34O4/c31-24(32)27-10-21-8-22(11-27)14-29(13-21,18-27)30-15-23-9-26(17-30,7-6-20-4-2-1-3-5-20)16-28(12-23,19-30)25(33)34/h1-5,21-23H,8-19H2,(H,31,32)(H,33,34). The van der Waals surface area contributed by atoms with Crippen LogP contribution in [0.4, 0.5) is 0 Å². The molecule has 178 valence electrons. The summed E-state index contributed by atoms with van der Waals surface area (Å²) in [6.07, 6.45) is 11.1. The second kappa shape index (κ2) is 6.48. The Kier molecular flexibility index (Phi) is 4.01. The zero-order chi connectivity index (χ0) is 23.4. The lowest BCUT2D eigenvalue weighted by atomic mass is 9.29. The zero-order valence-corrected chi connectivity index (χ0v) is 19.8. The van der Waals surface area contributed by atoms with Crippen LogP contribution in [0.2, 0.25) is 0 Å². The van der Waals surface area contributed by atoms with Crippen molar-refractivity contribution in [3.63, 3.8) is 0 Å². The average Bonchev–Trinajstić information content (AvgIpc) is 2.77. The molecule has 1 aromatic carbocycles. The van der Waals surface area contributed by atoms with Crippen LogP contribution >= 0.6 is 0 Å². The van der Waals surface area contributed by atoms with Gasteiger partial charge in [0.15, 0.2) is 0 Å². The maximum absolute atomic E-state index is 12.9. The van der Waals surface area contributed by atoms with E-state index < -0.39 is 22.8 Å². The molecule has 9 rings (SSSR count). The van der Waals surface area contributed by atoms with Gasteiger partial charge >= 0.3 is 11.9 Å². The number of aliphatic carboxylic acids is 2. The van der Waals surface area contributed by atoms with Crippen molar-refractivity contribution in [1.82, 2.24) is 0 Å². The minimum Gasteiger partial charge on any atom is -0.481 e. The van der Waals surface area contributed by atoms with Crippen molar-refractivity contribution >= 4 is 11.9 Å². The third-order valence-electron chi connectivity index (χ3n) is 11.4. The van der Waals surface area contributed by atoms with Gasteiger partial charge in [0.05, 0.1) is 10.8 Å². The van der Waals surface area contributed by atoms with Gasteiger partial charge in [-0.25, -0.2) is 0 Å². The molecule has 0 radical (unpaired) electrons. The highest BCUT2D eigenvalue weighted by Crippen LogP contribution is 2.80. The van der Waals surface area contributed by atoms with Crippen LogP contribution < -0.4 is 0 Å². The summed E-state index contributed by atoms with van der Waals surface area (Å²) in [5, 5.41) is 20.9. The van der Waals surface area contributed by atoms with Crippen LogP contribution in [0.3, 0.4) is 0 Å². The number of hydrogen-bond donors (Lipinski definition) is 2. The first-order valence-corrected chi connectivity index (χ1v) is 13.2. The highest BCUT2D eigenvalue weighted by Gasteiger charge is 2.74. The van der Waals surface area contributed by atoms with Gasteiger partial charge in [0.25, 0.3) is 0 Å². The van der Waals surface area contributed by atoms with E-state index in [0.717, 1.165) is 69.8 Å². The van der Waals surface area contributed by atoms with Gasteiger partial charge in [-0.2, -0.15) is 0 Å². The van der Waals surface area contributed by atoms with E-state index in [4.69, 9.17) is 0 Å². The van der Waals surface area contributed by atoms with Crippen molar-refractivity contribution in [2.24, 2.45) is 44.8 Å². The summed E-state index contributed by atoms with van der Waals surface area (Å²) in [4.78, 5) is 25.5. The molecule has 0 aromatic heterocycles. The van der Waals surface area contributed by atoms with Crippen molar-refractivity contribution < 1.29 is 19.8 Å². The number of benzene rings is 1. The molecule has 0 saturated heterocycles.